The Morgan fingerprint density at radius 2 is 2.55 bits per heavy atom. The summed E-state index contributed by atoms with van der Waals surface area (Å²) in [5.74, 6) is 1.87. The molecule has 0 saturated heterocycles. The quantitative estimate of drug-likeness (QED) is 0.581. The molecule has 0 heterocycles. The maximum absolute atomic E-state index is 12.7. The van der Waals surface area contributed by atoms with Crippen LogP contribution in [0.2, 0.25) is 0 Å². The van der Waals surface area contributed by atoms with Gasteiger partial charge in [-0.2, -0.15) is 0 Å². The third-order valence-corrected chi connectivity index (χ3v) is 1.07. The predicted molar refractivity (Wildman–Crippen MR) is 39.6 cm³/mol. The number of hydrogen-bond acceptors (Lipinski definition) is 1. The van der Waals surface area contributed by atoms with E-state index in [2.05, 4.69) is 12.0 Å². The van der Waals surface area contributed by atoms with Crippen LogP contribution in [0.5, 0.6) is 5.75 Å². The smallest absolute Gasteiger partial charge is 0.165 e. The van der Waals surface area contributed by atoms with Crippen LogP contribution in [-0.4, -0.2) is 6.61 Å². The van der Waals surface area contributed by atoms with Crippen molar-refractivity contribution in [2.24, 2.45) is 0 Å². The van der Waals surface area contributed by atoms with Crippen molar-refractivity contribution in [2.45, 2.75) is 0 Å². The van der Waals surface area contributed by atoms with Gasteiger partial charge in [0.05, 0.1) is 0 Å². The Morgan fingerprint density at radius 3 is 3.18 bits per heavy atom. The fraction of sp³-hybridized carbons (Fsp3) is 0.111. The average Bonchev–Trinajstić information content (AvgIpc) is 2.03. The second-order valence-corrected chi connectivity index (χ2v) is 1.84. The Labute approximate surface area is 64.8 Å². The first kappa shape index (κ1) is 7.62. The van der Waals surface area contributed by atoms with Crippen LogP contribution in [-0.2, 0) is 0 Å². The molecule has 1 rings (SSSR count). The summed E-state index contributed by atoms with van der Waals surface area (Å²) in [6.45, 7) is 0.0669. The number of para-hydroxylation sites is 1. The lowest BCUT2D eigenvalue weighted by atomic mass is 10.3. The number of benzene rings is 1. The Kier molecular flexibility index (Phi) is 2.51. The van der Waals surface area contributed by atoms with Crippen LogP contribution in [0.3, 0.4) is 0 Å². The molecule has 1 aromatic rings. The molecule has 0 aliphatic rings. The van der Waals surface area contributed by atoms with Gasteiger partial charge in [0.25, 0.3) is 0 Å². The number of terminal acetylenes is 1. The summed E-state index contributed by atoms with van der Waals surface area (Å²) in [6, 6.07) is 6.98. The molecule has 1 nitrogen and oxygen atoms in total. The van der Waals surface area contributed by atoms with Gasteiger partial charge in [0.2, 0.25) is 0 Å². The Bertz CT molecular complexity index is 275. The molecular formula is C9H6FO. The number of rotatable bonds is 2. The minimum absolute atomic E-state index is 0.0669. The lowest BCUT2D eigenvalue weighted by Gasteiger charge is -2.00. The largest absolute Gasteiger partial charge is 0.477 e. The standard InChI is InChI=1S/C9H6FO/c1-2-7-11-9-6-4-3-5-8(9)10/h1,3-5H,7H2. The Balaban J connectivity index is 2.71. The van der Waals surface area contributed by atoms with E-state index in [0.717, 1.165) is 0 Å². The van der Waals surface area contributed by atoms with Gasteiger partial charge in [-0.05, 0) is 6.07 Å². The van der Waals surface area contributed by atoms with E-state index < -0.39 is 5.82 Å². The van der Waals surface area contributed by atoms with E-state index in [-0.39, 0.29) is 12.4 Å². The highest BCUT2D eigenvalue weighted by molar-refractivity contribution is 5.22. The molecule has 0 unspecified atom stereocenters. The minimum Gasteiger partial charge on any atom is -0.477 e. The van der Waals surface area contributed by atoms with Gasteiger partial charge in [-0.15, -0.1) is 6.42 Å². The van der Waals surface area contributed by atoms with Crippen molar-refractivity contribution in [3.05, 3.63) is 30.1 Å². The van der Waals surface area contributed by atoms with Gasteiger partial charge in [0.15, 0.2) is 11.6 Å². The van der Waals surface area contributed by atoms with Crippen LogP contribution >= 0.6 is 0 Å². The molecule has 0 aliphatic carbocycles. The molecule has 2 heteroatoms. The molecule has 1 radical (unpaired) electrons. The summed E-state index contributed by atoms with van der Waals surface area (Å²) in [7, 11) is 0. The average molecular weight is 149 g/mol. The summed E-state index contributed by atoms with van der Waals surface area (Å²) in [5.41, 5.74) is 0. The van der Waals surface area contributed by atoms with Crippen LogP contribution in [0.1, 0.15) is 0 Å². The van der Waals surface area contributed by atoms with Crippen LogP contribution in [0.4, 0.5) is 4.39 Å². The van der Waals surface area contributed by atoms with Gasteiger partial charge in [-0.1, -0.05) is 18.1 Å². The fourth-order valence-corrected chi connectivity index (χ4v) is 0.625. The van der Waals surface area contributed by atoms with Crippen LogP contribution < -0.4 is 4.74 Å². The monoisotopic (exact) mass is 149 g/mol. The summed E-state index contributed by atoms with van der Waals surface area (Å²) in [6.07, 6.45) is 4.92. The topological polar surface area (TPSA) is 9.23 Å². The van der Waals surface area contributed by atoms with Crippen LogP contribution in [0, 0.1) is 24.2 Å². The van der Waals surface area contributed by atoms with E-state index in [1.165, 1.54) is 12.1 Å². The predicted octanol–water partition coefficient (Wildman–Crippen LogP) is 1.64. The minimum atomic E-state index is -0.442. The molecule has 0 bridgehead atoms. The molecule has 0 atom stereocenters. The molecule has 0 aromatic heterocycles. The molecular weight excluding hydrogens is 143 g/mol. The molecule has 0 saturated carbocycles. The first-order valence-electron chi connectivity index (χ1n) is 3.07. The summed E-state index contributed by atoms with van der Waals surface area (Å²) < 4.78 is 17.5. The summed E-state index contributed by atoms with van der Waals surface area (Å²) in [5, 5.41) is 0. The molecule has 1 aromatic carbocycles. The highest BCUT2D eigenvalue weighted by atomic mass is 19.1. The molecule has 0 spiro atoms. The van der Waals surface area contributed by atoms with Gasteiger partial charge in [0.1, 0.15) is 6.61 Å². The van der Waals surface area contributed by atoms with E-state index in [4.69, 9.17) is 11.2 Å². The lowest BCUT2D eigenvalue weighted by Crippen LogP contribution is -1.95. The maximum atomic E-state index is 12.7. The molecule has 0 amide bonds. The van der Waals surface area contributed by atoms with Crippen molar-refractivity contribution in [1.29, 1.82) is 0 Å². The second kappa shape index (κ2) is 3.62. The zero-order chi connectivity index (χ0) is 8.10. The van der Waals surface area contributed by atoms with Gasteiger partial charge in [0, 0.05) is 6.07 Å². The molecule has 55 valence electrons. The second-order valence-electron chi connectivity index (χ2n) is 1.84. The van der Waals surface area contributed by atoms with Crippen molar-refractivity contribution >= 4 is 0 Å². The van der Waals surface area contributed by atoms with Crippen LogP contribution in [0.15, 0.2) is 18.2 Å². The Hall–Kier alpha value is -1.49. The van der Waals surface area contributed by atoms with Gasteiger partial charge in [-0.25, -0.2) is 4.39 Å². The van der Waals surface area contributed by atoms with E-state index in [0.29, 0.717) is 0 Å². The van der Waals surface area contributed by atoms with E-state index in [1.54, 1.807) is 6.07 Å². The van der Waals surface area contributed by atoms with E-state index in [1.807, 2.05) is 0 Å². The number of halogens is 1. The van der Waals surface area contributed by atoms with E-state index >= 15 is 0 Å². The maximum Gasteiger partial charge on any atom is 0.165 e. The van der Waals surface area contributed by atoms with Gasteiger partial charge in [-0.3, -0.25) is 0 Å². The van der Waals surface area contributed by atoms with Crippen molar-refractivity contribution in [3.63, 3.8) is 0 Å². The summed E-state index contributed by atoms with van der Waals surface area (Å²) >= 11 is 0. The first-order chi connectivity index (χ1) is 5.34. The molecule has 0 N–H and O–H groups in total. The summed E-state index contributed by atoms with van der Waals surface area (Å²) in [4.78, 5) is 0. The molecule has 0 aliphatic heterocycles. The highest BCUT2D eigenvalue weighted by Gasteiger charge is 1.98. The Morgan fingerprint density at radius 1 is 1.73 bits per heavy atom. The van der Waals surface area contributed by atoms with Crippen LogP contribution in [0.25, 0.3) is 0 Å². The van der Waals surface area contributed by atoms with Crippen molar-refractivity contribution < 1.29 is 9.13 Å². The molecule has 0 fully saturated rings. The highest BCUT2D eigenvalue weighted by Crippen LogP contribution is 2.13. The normalized spacial score (nSPS) is 8.73. The van der Waals surface area contributed by atoms with Gasteiger partial charge < -0.3 is 4.74 Å². The van der Waals surface area contributed by atoms with Crippen molar-refractivity contribution in [2.75, 3.05) is 6.61 Å². The van der Waals surface area contributed by atoms with Crippen molar-refractivity contribution in [3.8, 4) is 18.1 Å². The fourth-order valence-electron chi connectivity index (χ4n) is 0.625. The number of hydrogen-bond donors (Lipinski definition) is 0. The van der Waals surface area contributed by atoms with Gasteiger partial charge >= 0.3 is 0 Å². The first-order valence-corrected chi connectivity index (χ1v) is 3.07. The SMILES string of the molecule is C#CCOc1[c]cccc1F. The molecule has 11 heavy (non-hydrogen) atoms. The zero-order valence-corrected chi connectivity index (χ0v) is 5.80. The third-order valence-electron chi connectivity index (χ3n) is 1.07. The van der Waals surface area contributed by atoms with E-state index in [9.17, 15) is 4.39 Å². The lowest BCUT2D eigenvalue weighted by molar-refractivity contribution is 0.347. The number of ether oxygens (including phenoxy) is 1. The third kappa shape index (κ3) is 1.98. The zero-order valence-electron chi connectivity index (χ0n) is 5.80. The van der Waals surface area contributed by atoms with Crippen molar-refractivity contribution in [1.82, 2.24) is 0 Å².